The monoisotopic (exact) mass is 585 g/mol. The summed E-state index contributed by atoms with van der Waals surface area (Å²) in [5.74, 6) is -0.258. The van der Waals surface area contributed by atoms with E-state index in [2.05, 4.69) is 5.32 Å². The van der Waals surface area contributed by atoms with Gasteiger partial charge in [-0.25, -0.2) is 8.42 Å². The molecule has 10 heteroatoms. The van der Waals surface area contributed by atoms with Crippen LogP contribution in [0.1, 0.15) is 31.9 Å². The molecule has 0 fully saturated rings. The van der Waals surface area contributed by atoms with Crippen LogP contribution >= 0.6 is 11.6 Å². The number of hydrogen-bond donors (Lipinski definition) is 1. The summed E-state index contributed by atoms with van der Waals surface area (Å²) < 4.78 is 32.2. The van der Waals surface area contributed by atoms with Gasteiger partial charge in [-0.05, 0) is 68.3 Å². The molecule has 0 aromatic heterocycles. The minimum atomic E-state index is -3.85. The van der Waals surface area contributed by atoms with Crippen LogP contribution in [0.25, 0.3) is 0 Å². The number of anilines is 1. The van der Waals surface area contributed by atoms with E-state index in [1.54, 1.807) is 48.5 Å². The van der Waals surface area contributed by atoms with E-state index < -0.39 is 28.5 Å². The van der Waals surface area contributed by atoms with Crippen molar-refractivity contribution >= 4 is 39.1 Å². The largest absolute Gasteiger partial charge is 0.494 e. The standard InChI is InChI=1S/C30H36ClN3O5S/c1-5-39-27-17-15-26(16-18-27)34(40(4,37)38)21-29(35)33(20-24-11-13-25(31)14-12-24)28(30(36)32-22(2)3)19-23-9-7-6-8-10-23/h6-18,22,28H,5,19-21H2,1-4H3,(H,32,36)/t28-/m1/s1. The maximum Gasteiger partial charge on any atom is 0.244 e. The molecule has 0 unspecified atom stereocenters. The zero-order chi connectivity index (χ0) is 29.3. The molecule has 40 heavy (non-hydrogen) atoms. The Balaban J connectivity index is 2.02. The van der Waals surface area contributed by atoms with Crippen LogP contribution in [0.15, 0.2) is 78.9 Å². The van der Waals surface area contributed by atoms with Gasteiger partial charge in [0.15, 0.2) is 0 Å². The van der Waals surface area contributed by atoms with Gasteiger partial charge in [-0.1, -0.05) is 54.1 Å². The molecule has 3 rings (SSSR count). The zero-order valence-corrected chi connectivity index (χ0v) is 24.8. The molecular weight excluding hydrogens is 550 g/mol. The molecule has 0 saturated carbocycles. The Labute approximate surface area is 241 Å². The third-order valence-corrected chi connectivity index (χ3v) is 7.48. The van der Waals surface area contributed by atoms with Crippen molar-refractivity contribution in [2.45, 2.75) is 45.8 Å². The van der Waals surface area contributed by atoms with E-state index in [4.69, 9.17) is 16.3 Å². The van der Waals surface area contributed by atoms with Crippen molar-refractivity contribution in [3.8, 4) is 5.75 Å². The zero-order valence-electron chi connectivity index (χ0n) is 23.2. The summed E-state index contributed by atoms with van der Waals surface area (Å²) in [6, 6.07) is 21.8. The van der Waals surface area contributed by atoms with Gasteiger partial charge >= 0.3 is 0 Å². The van der Waals surface area contributed by atoms with Crippen molar-refractivity contribution in [3.63, 3.8) is 0 Å². The van der Waals surface area contributed by atoms with Crippen LogP contribution in [0.4, 0.5) is 5.69 Å². The molecule has 0 aliphatic heterocycles. The highest BCUT2D eigenvalue weighted by atomic mass is 35.5. The first-order valence-corrected chi connectivity index (χ1v) is 15.3. The van der Waals surface area contributed by atoms with Gasteiger partial charge in [0.1, 0.15) is 18.3 Å². The second-order valence-corrected chi connectivity index (χ2v) is 12.1. The van der Waals surface area contributed by atoms with Crippen molar-refractivity contribution in [3.05, 3.63) is 95.0 Å². The smallest absolute Gasteiger partial charge is 0.244 e. The second-order valence-electron chi connectivity index (χ2n) is 9.71. The number of halogens is 1. The number of nitrogens with zero attached hydrogens (tertiary/aromatic N) is 2. The van der Waals surface area contributed by atoms with Crippen molar-refractivity contribution < 1.29 is 22.7 Å². The van der Waals surface area contributed by atoms with Crippen LogP contribution in [-0.2, 0) is 32.6 Å². The molecule has 0 aliphatic rings. The SMILES string of the molecule is CCOc1ccc(N(CC(=O)N(Cc2ccc(Cl)cc2)[C@H](Cc2ccccc2)C(=O)NC(C)C)S(C)(=O)=O)cc1. The average Bonchev–Trinajstić information content (AvgIpc) is 2.90. The fourth-order valence-electron chi connectivity index (χ4n) is 4.21. The summed E-state index contributed by atoms with van der Waals surface area (Å²) in [5.41, 5.74) is 1.93. The summed E-state index contributed by atoms with van der Waals surface area (Å²) >= 11 is 6.08. The van der Waals surface area contributed by atoms with Crippen molar-refractivity contribution in [2.24, 2.45) is 0 Å². The molecule has 0 radical (unpaired) electrons. The molecule has 0 heterocycles. The maximum absolute atomic E-state index is 14.0. The van der Waals surface area contributed by atoms with Gasteiger partial charge in [0, 0.05) is 24.0 Å². The van der Waals surface area contributed by atoms with E-state index in [-0.39, 0.29) is 24.9 Å². The van der Waals surface area contributed by atoms with Crippen LogP contribution in [0, 0.1) is 0 Å². The van der Waals surface area contributed by atoms with E-state index in [1.807, 2.05) is 51.1 Å². The quantitative estimate of drug-likeness (QED) is 0.314. The number of carbonyl (C=O) groups excluding carboxylic acids is 2. The van der Waals surface area contributed by atoms with Gasteiger partial charge in [0.25, 0.3) is 0 Å². The topological polar surface area (TPSA) is 96.0 Å². The molecule has 0 saturated heterocycles. The highest BCUT2D eigenvalue weighted by Crippen LogP contribution is 2.23. The Bertz CT molecular complexity index is 1360. The molecule has 0 aliphatic carbocycles. The summed E-state index contributed by atoms with van der Waals surface area (Å²) in [6.45, 7) is 5.61. The molecule has 1 N–H and O–H groups in total. The first-order chi connectivity index (χ1) is 19.0. The Morgan fingerprint density at radius 1 is 0.925 bits per heavy atom. The first-order valence-electron chi connectivity index (χ1n) is 13.1. The fraction of sp³-hybridized carbons (Fsp3) is 0.333. The van der Waals surface area contributed by atoms with Gasteiger partial charge < -0.3 is 15.0 Å². The highest BCUT2D eigenvalue weighted by Gasteiger charge is 2.33. The number of rotatable bonds is 13. The lowest BCUT2D eigenvalue weighted by Gasteiger charge is -2.34. The molecule has 3 aromatic carbocycles. The summed E-state index contributed by atoms with van der Waals surface area (Å²) in [6.07, 6.45) is 1.30. The molecule has 8 nitrogen and oxygen atoms in total. The van der Waals surface area contributed by atoms with Crippen LogP contribution < -0.4 is 14.4 Å². The maximum atomic E-state index is 14.0. The molecular formula is C30H36ClN3O5S. The average molecular weight is 586 g/mol. The third-order valence-electron chi connectivity index (χ3n) is 6.08. The Morgan fingerprint density at radius 3 is 2.10 bits per heavy atom. The van der Waals surface area contributed by atoms with Gasteiger partial charge in [-0.15, -0.1) is 0 Å². The first kappa shape index (κ1) is 31.0. The van der Waals surface area contributed by atoms with E-state index >= 15 is 0 Å². The number of carbonyl (C=O) groups is 2. The van der Waals surface area contributed by atoms with Crippen molar-refractivity contribution in [1.82, 2.24) is 10.2 Å². The van der Waals surface area contributed by atoms with E-state index in [0.717, 1.165) is 21.7 Å². The predicted octanol–water partition coefficient (Wildman–Crippen LogP) is 4.67. The van der Waals surface area contributed by atoms with Crippen LogP contribution in [-0.4, -0.2) is 56.6 Å². The van der Waals surface area contributed by atoms with Crippen molar-refractivity contribution in [1.29, 1.82) is 0 Å². The summed E-state index contributed by atoms with van der Waals surface area (Å²) in [7, 11) is -3.85. The van der Waals surface area contributed by atoms with E-state index in [9.17, 15) is 18.0 Å². The second kappa shape index (κ2) is 14.2. The van der Waals surface area contributed by atoms with Gasteiger partial charge in [0.05, 0.1) is 18.6 Å². The van der Waals surface area contributed by atoms with Crippen LogP contribution in [0.3, 0.4) is 0 Å². The third kappa shape index (κ3) is 8.99. The number of benzene rings is 3. The lowest BCUT2D eigenvalue weighted by molar-refractivity contribution is -0.140. The van der Waals surface area contributed by atoms with Crippen LogP contribution in [0.2, 0.25) is 5.02 Å². The Hall–Kier alpha value is -3.56. The van der Waals surface area contributed by atoms with Crippen LogP contribution in [0.5, 0.6) is 5.75 Å². The van der Waals surface area contributed by atoms with E-state index in [0.29, 0.717) is 23.1 Å². The van der Waals surface area contributed by atoms with Gasteiger partial charge in [0.2, 0.25) is 21.8 Å². The fourth-order valence-corrected chi connectivity index (χ4v) is 5.19. The molecule has 214 valence electrons. The molecule has 1 atom stereocenters. The van der Waals surface area contributed by atoms with Crippen molar-refractivity contribution in [2.75, 3.05) is 23.7 Å². The predicted molar refractivity (Wildman–Crippen MR) is 159 cm³/mol. The number of nitrogens with one attached hydrogen (secondary N) is 1. The highest BCUT2D eigenvalue weighted by molar-refractivity contribution is 7.92. The molecule has 2 amide bonds. The summed E-state index contributed by atoms with van der Waals surface area (Å²) in [5, 5.41) is 3.47. The number of amides is 2. The lowest BCUT2D eigenvalue weighted by Crippen LogP contribution is -2.54. The number of sulfonamides is 1. The molecule has 0 bridgehead atoms. The Morgan fingerprint density at radius 2 is 1.55 bits per heavy atom. The van der Waals surface area contributed by atoms with Gasteiger partial charge in [-0.3, -0.25) is 13.9 Å². The lowest BCUT2D eigenvalue weighted by atomic mass is 10.0. The minimum Gasteiger partial charge on any atom is -0.494 e. The molecule has 3 aromatic rings. The minimum absolute atomic E-state index is 0.0832. The van der Waals surface area contributed by atoms with E-state index in [1.165, 1.54) is 4.90 Å². The number of ether oxygens (including phenoxy) is 1. The van der Waals surface area contributed by atoms with Gasteiger partial charge in [-0.2, -0.15) is 0 Å². The normalized spacial score (nSPS) is 12.1. The summed E-state index contributed by atoms with van der Waals surface area (Å²) in [4.78, 5) is 29.0. The number of hydrogen-bond acceptors (Lipinski definition) is 5. The Kier molecular flexibility index (Phi) is 11.0. The molecule has 0 spiro atoms.